The van der Waals surface area contributed by atoms with Crippen LogP contribution in [0.2, 0.25) is 0 Å². The van der Waals surface area contributed by atoms with Crippen LogP contribution < -0.4 is 0 Å². The van der Waals surface area contributed by atoms with Crippen LogP contribution in [0.25, 0.3) is 0 Å². The monoisotopic (exact) mass is 185 g/mol. The minimum absolute atomic E-state index is 0.609. The highest BCUT2D eigenvalue weighted by Crippen LogP contribution is 2.38. The predicted octanol–water partition coefficient (Wildman–Crippen LogP) is 3.16. The number of benzene rings is 1. The molecule has 0 saturated carbocycles. The first-order valence-corrected chi connectivity index (χ1v) is 5.17. The number of rotatable bonds is 0. The Hall–Kier alpha value is -1.29. The number of hydrogen-bond acceptors (Lipinski definition) is 1. The molecule has 72 valence electrons. The van der Waals surface area contributed by atoms with Crippen LogP contribution in [0.4, 0.5) is 0 Å². The lowest BCUT2D eigenvalue weighted by molar-refractivity contribution is 0.532. The zero-order valence-electron chi connectivity index (χ0n) is 8.96. The molecule has 0 N–H and O–H groups in total. The van der Waals surface area contributed by atoms with Crippen molar-refractivity contribution in [2.75, 3.05) is 0 Å². The standard InChI is InChI=1S/C13H15N/c1-8-4-11-5-9(2)12(7-14)6-13(11)10(8)3/h5-6,8,10H,4H2,1-3H3/t8-,10-/m0/s1. The molecule has 0 spiro atoms. The summed E-state index contributed by atoms with van der Waals surface area (Å²) in [7, 11) is 0. The fraction of sp³-hybridized carbons (Fsp3) is 0.462. The summed E-state index contributed by atoms with van der Waals surface area (Å²) in [6.45, 7) is 6.56. The summed E-state index contributed by atoms with van der Waals surface area (Å²) in [5.41, 5.74) is 4.79. The summed E-state index contributed by atoms with van der Waals surface area (Å²) in [4.78, 5) is 0. The van der Waals surface area contributed by atoms with Crippen LogP contribution in [0.1, 0.15) is 42.0 Å². The summed E-state index contributed by atoms with van der Waals surface area (Å²) in [6, 6.07) is 6.53. The van der Waals surface area contributed by atoms with Gasteiger partial charge in [-0.2, -0.15) is 5.26 Å². The molecule has 2 atom stereocenters. The number of fused-ring (bicyclic) bond motifs is 1. The number of nitriles is 1. The fourth-order valence-electron chi connectivity index (χ4n) is 2.34. The van der Waals surface area contributed by atoms with Crippen molar-refractivity contribution in [3.63, 3.8) is 0 Å². The van der Waals surface area contributed by atoms with E-state index in [0.717, 1.165) is 17.0 Å². The molecule has 0 bridgehead atoms. The normalized spacial score (nSPS) is 24.4. The number of hydrogen-bond donors (Lipinski definition) is 0. The highest BCUT2D eigenvalue weighted by atomic mass is 14.3. The fourth-order valence-corrected chi connectivity index (χ4v) is 2.34. The van der Waals surface area contributed by atoms with Gasteiger partial charge in [-0.1, -0.05) is 19.9 Å². The van der Waals surface area contributed by atoms with Gasteiger partial charge in [0, 0.05) is 0 Å². The van der Waals surface area contributed by atoms with Crippen molar-refractivity contribution in [3.8, 4) is 6.07 Å². The van der Waals surface area contributed by atoms with E-state index in [4.69, 9.17) is 5.26 Å². The highest BCUT2D eigenvalue weighted by Gasteiger charge is 2.26. The van der Waals surface area contributed by atoms with Crippen LogP contribution in [-0.2, 0) is 6.42 Å². The van der Waals surface area contributed by atoms with E-state index < -0.39 is 0 Å². The molecule has 0 heterocycles. The topological polar surface area (TPSA) is 23.8 Å². The Morgan fingerprint density at radius 1 is 1.36 bits per heavy atom. The molecule has 1 aromatic carbocycles. The average Bonchev–Trinajstić information content (AvgIpc) is 2.41. The van der Waals surface area contributed by atoms with Crippen LogP contribution >= 0.6 is 0 Å². The minimum Gasteiger partial charge on any atom is -0.192 e. The van der Waals surface area contributed by atoms with Gasteiger partial charge in [-0.15, -0.1) is 0 Å². The quantitative estimate of drug-likeness (QED) is 0.609. The Bertz CT molecular complexity index is 412. The third-order valence-corrected chi connectivity index (χ3v) is 3.49. The summed E-state index contributed by atoms with van der Waals surface area (Å²) in [5.74, 6) is 1.33. The second-order valence-corrected chi connectivity index (χ2v) is 4.45. The van der Waals surface area contributed by atoms with Gasteiger partial charge < -0.3 is 0 Å². The first kappa shape index (κ1) is 9.27. The van der Waals surface area contributed by atoms with Crippen molar-refractivity contribution in [1.82, 2.24) is 0 Å². The molecular weight excluding hydrogens is 170 g/mol. The largest absolute Gasteiger partial charge is 0.192 e. The van der Waals surface area contributed by atoms with Gasteiger partial charge in [0.1, 0.15) is 0 Å². The van der Waals surface area contributed by atoms with Gasteiger partial charge in [-0.3, -0.25) is 0 Å². The van der Waals surface area contributed by atoms with Gasteiger partial charge in [0.05, 0.1) is 11.6 Å². The smallest absolute Gasteiger partial charge is 0.0994 e. The predicted molar refractivity (Wildman–Crippen MR) is 57.2 cm³/mol. The average molecular weight is 185 g/mol. The summed E-state index contributed by atoms with van der Waals surface area (Å²) < 4.78 is 0. The van der Waals surface area contributed by atoms with Crippen LogP contribution in [0.5, 0.6) is 0 Å². The van der Waals surface area contributed by atoms with Crippen LogP contribution in [-0.4, -0.2) is 0 Å². The van der Waals surface area contributed by atoms with Crippen molar-refractivity contribution in [2.24, 2.45) is 5.92 Å². The van der Waals surface area contributed by atoms with Gasteiger partial charge >= 0.3 is 0 Å². The maximum atomic E-state index is 8.95. The van der Waals surface area contributed by atoms with Gasteiger partial charge in [-0.25, -0.2) is 0 Å². The molecule has 1 heteroatoms. The SMILES string of the molecule is Cc1cc2c(cc1C#N)[C@@H](C)[C@@H](C)C2. The molecule has 1 aliphatic carbocycles. The van der Waals surface area contributed by atoms with Crippen molar-refractivity contribution in [1.29, 1.82) is 5.26 Å². The summed E-state index contributed by atoms with van der Waals surface area (Å²) >= 11 is 0. The molecule has 1 aliphatic rings. The van der Waals surface area contributed by atoms with Gasteiger partial charge in [0.15, 0.2) is 0 Å². The van der Waals surface area contributed by atoms with E-state index in [2.05, 4.69) is 32.0 Å². The molecule has 0 radical (unpaired) electrons. The lowest BCUT2D eigenvalue weighted by atomic mass is 9.95. The molecule has 0 amide bonds. The molecule has 0 aromatic heterocycles. The summed E-state index contributed by atoms with van der Waals surface area (Å²) in [6.07, 6.45) is 1.17. The van der Waals surface area contributed by atoms with Gasteiger partial charge in [-0.05, 0) is 47.9 Å². The van der Waals surface area contributed by atoms with E-state index >= 15 is 0 Å². The minimum atomic E-state index is 0.609. The van der Waals surface area contributed by atoms with Crippen LogP contribution in [0.15, 0.2) is 12.1 Å². The molecule has 0 aliphatic heterocycles. The molecule has 14 heavy (non-hydrogen) atoms. The van der Waals surface area contributed by atoms with E-state index in [-0.39, 0.29) is 0 Å². The molecule has 2 rings (SSSR count). The molecule has 0 fully saturated rings. The lowest BCUT2D eigenvalue weighted by Gasteiger charge is -2.09. The number of nitrogens with zero attached hydrogens (tertiary/aromatic N) is 1. The summed E-state index contributed by atoms with van der Waals surface area (Å²) in [5, 5.41) is 8.95. The van der Waals surface area contributed by atoms with Crippen molar-refractivity contribution >= 4 is 0 Å². The first-order valence-electron chi connectivity index (χ1n) is 5.17. The zero-order valence-corrected chi connectivity index (χ0v) is 8.96. The maximum absolute atomic E-state index is 8.95. The Kier molecular flexibility index (Phi) is 2.07. The Morgan fingerprint density at radius 3 is 2.71 bits per heavy atom. The van der Waals surface area contributed by atoms with E-state index in [1.807, 2.05) is 6.92 Å². The number of aryl methyl sites for hydroxylation is 1. The first-order chi connectivity index (χ1) is 6.63. The van der Waals surface area contributed by atoms with Gasteiger partial charge in [0.2, 0.25) is 0 Å². The van der Waals surface area contributed by atoms with Crippen molar-refractivity contribution < 1.29 is 0 Å². The third-order valence-electron chi connectivity index (χ3n) is 3.49. The third kappa shape index (κ3) is 1.23. The second-order valence-electron chi connectivity index (χ2n) is 4.45. The maximum Gasteiger partial charge on any atom is 0.0994 e. The molecular formula is C13H15N. The van der Waals surface area contributed by atoms with Crippen LogP contribution in [0.3, 0.4) is 0 Å². The van der Waals surface area contributed by atoms with Gasteiger partial charge in [0.25, 0.3) is 0 Å². The highest BCUT2D eigenvalue weighted by molar-refractivity contribution is 5.47. The van der Waals surface area contributed by atoms with Crippen molar-refractivity contribution in [3.05, 3.63) is 34.4 Å². The second kappa shape index (κ2) is 3.13. The lowest BCUT2D eigenvalue weighted by Crippen LogP contribution is -1.97. The Morgan fingerprint density at radius 2 is 2.07 bits per heavy atom. The van der Waals surface area contributed by atoms with Crippen LogP contribution in [0, 0.1) is 24.2 Å². The van der Waals surface area contributed by atoms with Crippen molar-refractivity contribution in [2.45, 2.75) is 33.1 Å². The Balaban J connectivity index is 2.56. The zero-order chi connectivity index (χ0) is 10.3. The molecule has 1 nitrogen and oxygen atoms in total. The molecule has 0 unspecified atom stereocenters. The van der Waals surface area contributed by atoms with E-state index in [1.54, 1.807) is 0 Å². The van der Waals surface area contributed by atoms with E-state index in [0.29, 0.717) is 5.92 Å². The van der Waals surface area contributed by atoms with E-state index in [9.17, 15) is 0 Å². The Labute approximate surface area is 85.4 Å². The van der Waals surface area contributed by atoms with E-state index in [1.165, 1.54) is 17.5 Å². The molecule has 0 saturated heterocycles. The molecule has 1 aromatic rings.